The summed E-state index contributed by atoms with van der Waals surface area (Å²) in [5.74, 6) is -0.658. The molecule has 2 aliphatic rings. The number of nitrogens with one attached hydrogen (secondary N) is 1. The van der Waals surface area contributed by atoms with Gasteiger partial charge in [0.2, 0.25) is 5.91 Å². The van der Waals surface area contributed by atoms with Gasteiger partial charge in [-0.05, 0) is 36.2 Å². The Bertz CT molecular complexity index is 956. The third-order valence-corrected chi connectivity index (χ3v) is 5.42. The number of carbonyl (C=O) groups excluding carboxylic acids is 4. The van der Waals surface area contributed by atoms with E-state index in [2.05, 4.69) is 5.32 Å². The summed E-state index contributed by atoms with van der Waals surface area (Å²) in [5, 5.41) is 2.28. The summed E-state index contributed by atoms with van der Waals surface area (Å²) >= 11 is 0.990. The van der Waals surface area contributed by atoms with Gasteiger partial charge in [0.15, 0.2) is 0 Å². The van der Waals surface area contributed by atoms with Crippen molar-refractivity contribution in [2.45, 2.75) is 11.7 Å². The van der Waals surface area contributed by atoms with Crippen LogP contribution in [0, 0.1) is 0 Å². The molecule has 29 heavy (non-hydrogen) atoms. The summed E-state index contributed by atoms with van der Waals surface area (Å²) in [6.07, 6.45) is 0.450. The minimum absolute atomic E-state index is 0.0220. The van der Waals surface area contributed by atoms with E-state index in [-0.39, 0.29) is 24.4 Å². The lowest BCUT2D eigenvalue weighted by Crippen LogP contribution is -2.31. The monoisotopic (exact) mass is 412 g/mol. The Morgan fingerprint density at radius 2 is 1.55 bits per heavy atom. The van der Waals surface area contributed by atoms with Gasteiger partial charge in [0.05, 0.1) is 16.4 Å². The van der Waals surface area contributed by atoms with Crippen molar-refractivity contribution in [2.24, 2.45) is 0 Å². The SMILES string of the molecule is O=C1NC(=O)C(Cc2ccc(OCCON3C(=O)c4ccccc4C3=O)cc2)S1. The average Bonchev–Trinajstić information content (AvgIpc) is 3.16. The van der Waals surface area contributed by atoms with E-state index in [9.17, 15) is 19.2 Å². The maximum absolute atomic E-state index is 12.2. The van der Waals surface area contributed by atoms with Gasteiger partial charge in [-0.2, -0.15) is 0 Å². The zero-order valence-corrected chi connectivity index (χ0v) is 15.9. The van der Waals surface area contributed by atoms with E-state index in [4.69, 9.17) is 9.57 Å². The summed E-state index contributed by atoms with van der Waals surface area (Å²) < 4.78 is 5.56. The molecule has 0 spiro atoms. The second kappa shape index (κ2) is 8.06. The Morgan fingerprint density at radius 1 is 0.897 bits per heavy atom. The Labute approximate surface area is 170 Å². The topological polar surface area (TPSA) is 102 Å². The highest BCUT2D eigenvalue weighted by Crippen LogP contribution is 2.24. The number of amides is 4. The number of nitrogens with zero attached hydrogens (tertiary/aromatic N) is 1. The van der Waals surface area contributed by atoms with E-state index in [0.29, 0.717) is 23.3 Å². The molecule has 1 N–H and O–H groups in total. The Hall–Kier alpha value is -3.17. The molecule has 2 aliphatic heterocycles. The molecule has 4 rings (SSSR count). The molecular weight excluding hydrogens is 396 g/mol. The molecule has 0 aromatic heterocycles. The number of rotatable bonds is 7. The highest BCUT2D eigenvalue weighted by atomic mass is 32.2. The van der Waals surface area contributed by atoms with Crippen molar-refractivity contribution in [3.8, 4) is 5.75 Å². The minimum atomic E-state index is -0.484. The first-order valence-corrected chi connectivity index (χ1v) is 9.75. The predicted octanol–water partition coefficient (Wildman–Crippen LogP) is 2.19. The first kappa shape index (κ1) is 19.2. The smallest absolute Gasteiger partial charge is 0.286 e. The van der Waals surface area contributed by atoms with Crippen molar-refractivity contribution in [1.82, 2.24) is 10.4 Å². The molecule has 0 saturated carbocycles. The fraction of sp³-hybridized carbons (Fsp3) is 0.200. The quantitative estimate of drug-likeness (QED) is 0.549. The van der Waals surface area contributed by atoms with Gasteiger partial charge in [-0.1, -0.05) is 36.0 Å². The van der Waals surface area contributed by atoms with E-state index in [1.165, 1.54) is 0 Å². The van der Waals surface area contributed by atoms with Gasteiger partial charge in [-0.3, -0.25) is 29.3 Å². The van der Waals surface area contributed by atoms with Crippen LogP contribution in [0.4, 0.5) is 4.79 Å². The largest absolute Gasteiger partial charge is 0.491 e. The van der Waals surface area contributed by atoms with Crippen LogP contribution in [0.5, 0.6) is 5.75 Å². The maximum atomic E-state index is 12.2. The third kappa shape index (κ3) is 4.01. The van der Waals surface area contributed by atoms with Crippen LogP contribution in [0.3, 0.4) is 0 Å². The lowest BCUT2D eigenvalue weighted by atomic mass is 10.1. The summed E-state index contributed by atoms with van der Waals surface area (Å²) in [7, 11) is 0. The van der Waals surface area contributed by atoms with E-state index in [1.807, 2.05) is 12.1 Å². The molecule has 2 heterocycles. The summed E-state index contributed by atoms with van der Waals surface area (Å²) in [6.45, 7) is 0.163. The number of benzene rings is 2. The van der Waals surface area contributed by atoms with E-state index < -0.39 is 17.1 Å². The molecule has 2 aromatic carbocycles. The van der Waals surface area contributed by atoms with Crippen LogP contribution in [-0.2, 0) is 16.1 Å². The molecule has 1 saturated heterocycles. The van der Waals surface area contributed by atoms with Crippen molar-refractivity contribution in [2.75, 3.05) is 13.2 Å². The molecule has 0 radical (unpaired) electrons. The van der Waals surface area contributed by atoms with Crippen LogP contribution in [-0.4, -0.2) is 46.5 Å². The molecule has 1 unspecified atom stereocenters. The predicted molar refractivity (Wildman–Crippen MR) is 103 cm³/mol. The number of hydrogen-bond acceptors (Lipinski definition) is 7. The molecule has 148 valence electrons. The van der Waals surface area contributed by atoms with Gasteiger partial charge in [-0.25, -0.2) is 0 Å². The van der Waals surface area contributed by atoms with E-state index >= 15 is 0 Å². The summed E-state index contributed by atoms with van der Waals surface area (Å²) in [5.41, 5.74) is 1.55. The number of ether oxygens (including phenoxy) is 1. The molecule has 9 heteroatoms. The zero-order valence-electron chi connectivity index (χ0n) is 15.1. The Kier molecular flexibility index (Phi) is 5.32. The van der Waals surface area contributed by atoms with Gasteiger partial charge < -0.3 is 4.74 Å². The molecule has 1 fully saturated rings. The molecule has 4 amide bonds. The molecule has 2 aromatic rings. The molecular formula is C20H16N2O6S. The van der Waals surface area contributed by atoms with Crippen LogP contribution in [0.25, 0.3) is 0 Å². The fourth-order valence-electron chi connectivity index (χ4n) is 3.04. The molecule has 0 bridgehead atoms. The van der Waals surface area contributed by atoms with Crippen LogP contribution < -0.4 is 10.1 Å². The van der Waals surface area contributed by atoms with Crippen molar-refractivity contribution < 1.29 is 28.8 Å². The van der Waals surface area contributed by atoms with E-state index in [1.54, 1.807) is 36.4 Å². The minimum Gasteiger partial charge on any atom is -0.491 e. The number of imide groups is 2. The standard InChI is InChI=1S/C20H16N2O6S/c23-17-16(29-20(26)21-17)11-12-5-7-13(8-6-12)27-9-10-28-22-18(24)14-3-1-2-4-15(14)19(22)25/h1-8,16H,9-11H2,(H,21,23,26). The van der Waals surface area contributed by atoms with Crippen LogP contribution in [0.2, 0.25) is 0 Å². The summed E-state index contributed by atoms with van der Waals surface area (Å²) in [6, 6.07) is 13.7. The molecule has 1 atom stereocenters. The third-order valence-electron chi connectivity index (χ3n) is 4.44. The van der Waals surface area contributed by atoms with Gasteiger partial charge in [-0.15, -0.1) is 5.06 Å². The maximum Gasteiger partial charge on any atom is 0.286 e. The van der Waals surface area contributed by atoms with Gasteiger partial charge >= 0.3 is 0 Å². The van der Waals surface area contributed by atoms with Crippen LogP contribution >= 0.6 is 11.8 Å². The first-order valence-electron chi connectivity index (χ1n) is 8.87. The molecule has 0 aliphatic carbocycles. The Balaban J connectivity index is 1.24. The van der Waals surface area contributed by atoms with Crippen LogP contribution in [0.15, 0.2) is 48.5 Å². The van der Waals surface area contributed by atoms with Gasteiger partial charge in [0.25, 0.3) is 17.1 Å². The highest BCUT2D eigenvalue weighted by molar-refractivity contribution is 8.15. The van der Waals surface area contributed by atoms with Crippen molar-refractivity contribution in [1.29, 1.82) is 0 Å². The normalized spacial score (nSPS) is 18.2. The molecule has 8 nitrogen and oxygen atoms in total. The number of carbonyl (C=O) groups is 4. The number of hydrogen-bond donors (Lipinski definition) is 1. The summed E-state index contributed by atoms with van der Waals surface area (Å²) in [4.78, 5) is 52.5. The second-order valence-electron chi connectivity index (χ2n) is 6.36. The number of hydroxylamine groups is 2. The van der Waals surface area contributed by atoms with Gasteiger partial charge in [0, 0.05) is 0 Å². The van der Waals surface area contributed by atoms with Crippen molar-refractivity contribution >= 4 is 34.7 Å². The second-order valence-corrected chi connectivity index (χ2v) is 7.54. The van der Waals surface area contributed by atoms with Crippen molar-refractivity contribution in [3.63, 3.8) is 0 Å². The highest BCUT2D eigenvalue weighted by Gasteiger charge is 2.36. The lowest BCUT2D eigenvalue weighted by Gasteiger charge is -2.14. The average molecular weight is 412 g/mol. The van der Waals surface area contributed by atoms with E-state index in [0.717, 1.165) is 22.4 Å². The van der Waals surface area contributed by atoms with Gasteiger partial charge in [0.1, 0.15) is 19.0 Å². The zero-order chi connectivity index (χ0) is 20.4. The Morgan fingerprint density at radius 3 is 2.14 bits per heavy atom. The van der Waals surface area contributed by atoms with Crippen LogP contribution in [0.1, 0.15) is 26.3 Å². The number of fused-ring (bicyclic) bond motifs is 1. The van der Waals surface area contributed by atoms with Crippen molar-refractivity contribution in [3.05, 3.63) is 65.2 Å². The first-order chi connectivity index (χ1) is 14.0. The lowest BCUT2D eigenvalue weighted by molar-refractivity contribution is -0.118. The number of thioether (sulfide) groups is 1. The fourth-order valence-corrected chi connectivity index (χ4v) is 3.90.